The average molecular weight is 203 g/mol. The van der Waals surface area contributed by atoms with Crippen molar-refractivity contribution in [3.63, 3.8) is 0 Å². The van der Waals surface area contributed by atoms with E-state index < -0.39 is 0 Å². The molecule has 2 atom stereocenters. The second-order valence-electron chi connectivity index (χ2n) is 5.24. The molecule has 0 saturated heterocycles. The fourth-order valence-electron chi connectivity index (χ4n) is 2.81. The first-order valence-electron chi connectivity index (χ1n) is 5.90. The van der Waals surface area contributed by atoms with Crippen molar-refractivity contribution in [2.45, 2.75) is 33.1 Å². The predicted octanol–water partition coefficient (Wildman–Crippen LogP) is 2.95. The monoisotopic (exact) mass is 203 g/mol. The maximum atomic E-state index is 5.79. The number of benzene rings is 1. The number of rotatable bonds is 3. The van der Waals surface area contributed by atoms with Crippen molar-refractivity contribution < 1.29 is 0 Å². The molecule has 15 heavy (non-hydrogen) atoms. The fraction of sp³-hybridized carbons (Fsp3) is 0.571. The first-order valence-corrected chi connectivity index (χ1v) is 5.90. The Morgan fingerprint density at radius 1 is 1.20 bits per heavy atom. The summed E-state index contributed by atoms with van der Waals surface area (Å²) in [5.41, 5.74) is 9.08. The molecule has 2 rings (SSSR count). The van der Waals surface area contributed by atoms with Gasteiger partial charge in [-0.2, -0.15) is 0 Å². The van der Waals surface area contributed by atoms with Crippen LogP contribution in [0.15, 0.2) is 24.3 Å². The van der Waals surface area contributed by atoms with Crippen LogP contribution in [0.3, 0.4) is 0 Å². The van der Waals surface area contributed by atoms with Gasteiger partial charge in [0.1, 0.15) is 0 Å². The first-order chi connectivity index (χ1) is 7.11. The van der Waals surface area contributed by atoms with Gasteiger partial charge in [0.2, 0.25) is 0 Å². The van der Waals surface area contributed by atoms with Gasteiger partial charge in [-0.3, -0.25) is 0 Å². The summed E-state index contributed by atoms with van der Waals surface area (Å²) in [4.78, 5) is 0. The molecular formula is C14H21N. The Kier molecular flexibility index (Phi) is 2.59. The minimum absolute atomic E-state index is 0.405. The number of nitrogens with two attached hydrogens (primary N) is 1. The van der Waals surface area contributed by atoms with E-state index in [1.54, 1.807) is 0 Å². The highest BCUT2D eigenvalue weighted by Crippen LogP contribution is 2.63. The molecular weight excluding hydrogens is 182 g/mol. The smallest absolute Gasteiger partial charge is 0.00375 e. The molecule has 1 nitrogen and oxygen atoms in total. The van der Waals surface area contributed by atoms with Crippen LogP contribution >= 0.6 is 0 Å². The zero-order valence-electron chi connectivity index (χ0n) is 9.96. The van der Waals surface area contributed by atoms with E-state index in [9.17, 15) is 0 Å². The third-order valence-electron chi connectivity index (χ3n) is 4.05. The number of aryl methyl sites for hydroxylation is 1. The van der Waals surface area contributed by atoms with Crippen LogP contribution in [0.1, 0.15) is 37.8 Å². The molecule has 0 aliphatic heterocycles. The largest absolute Gasteiger partial charge is 0.330 e. The molecule has 0 aromatic heterocycles. The lowest BCUT2D eigenvalue weighted by molar-refractivity contribution is 0.558. The fourth-order valence-corrected chi connectivity index (χ4v) is 2.81. The molecule has 1 saturated carbocycles. The van der Waals surface area contributed by atoms with E-state index in [4.69, 9.17) is 5.73 Å². The van der Waals surface area contributed by atoms with Gasteiger partial charge in [-0.05, 0) is 41.3 Å². The van der Waals surface area contributed by atoms with E-state index in [-0.39, 0.29) is 0 Å². The molecule has 1 heteroatoms. The molecule has 0 amide bonds. The van der Waals surface area contributed by atoms with E-state index in [2.05, 4.69) is 45.0 Å². The summed E-state index contributed by atoms with van der Waals surface area (Å²) in [6.07, 6.45) is 1.12. The second kappa shape index (κ2) is 3.64. The minimum Gasteiger partial charge on any atom is -0.330 e. The van der Waals surface area contributed by atoms with Gasteiger partial charge in [0.05, 0.1) is 0 Å². The average Bonchev–Trinajstić information content (AvgIpc) is 2.80. The molecule has 0 radical (unpaired) electrons. The van der Waals surface area contributed by atoms with Crippen LogP contribution in [0.5, 0.6) is 0 Å². The molecule has 1 aromatic carbocycles. The van der Waals surface area contributed by atoms with Crippen LogP contribution in [-0.4, -0.2) is 6.54 Å². The molecule has 1 aliphatic carbocycles. The van der Waals surface area contributed by atoms with Crippen molar-refractivity contribution in [1.82, 2.24) is 0 Å². The van der Waals surface area contributed by atoms with E-state index in [1.807, 2.05) is 0 Å². The van der Waals surface area contributed by atoms with Gasteiger partial charge < -0.3 is 5.73 Å². The Morgan fingerprint density at radius 3 is 2.20 bits per heavy atom. The van der Waals surface area contributed by atoms with Crippen LogP contribution in [0.25, 0.3) is 0 Å². The maximum absolute atomic E-state index is 5.79. The maximum Gasteiger partial charge on any atom is -0.00375 e. The van der Waals surface area contributed by atoms with Crippen LogP contribution in [0.4, 0.5) is 0 Å². The first kappa shape index (κ1) is 10.7. The van der Waals surface area contributed by atoms with E-state index in [0.29, 0.717) is 17.3 Å². The summed E-state index contributed by atoms with van der Waals surface area (Å²) in [6, 6.07) is 9.05. The lowest BCUT2D eigenvalue weighted by atomic mass is 10.0. The molecule has 1 aromatic rings. The van der Waals surface area contributed by atoms with Crippen molar-refractivity contribution in [1.29, 1.82) is 0 Å². The van der Waals surface area contributed by atoms with E-state index in [1.165, 1.54) is 11.1 Å². The van der Waals surface area contributed by atoms with Gasteiger partial charge in [0.25, 0.3) is 0 Å². The zero-order chi connectivity index (χ0) is 11.1. The van der Waals surface area contributed by atoms with Crippen LogP contribution in [0.2, 0.25) is 0 Å². The summed E-state index contributed by atoms with van der Waals surface area (Å²) in [5.74, 6) is 1.35. The van der Waals surface area contributed by atoms with E-state index in [0.717, 1.165) is 13.0 Å². The summed E-state index contributed by atoms with van der Waals surface area (Å²) in [6.45, 7) is 7.65. The van der Waals surface area contributed by atoms with Gasteiger partial charge in [0, 0.05) is 0 Å². The third-order valence-corrected chi connectivity index (χ3v) is 4.05. The number of hydrogen-bond acceptors (Lipinski definition) is 1. The Morgan fingerprint density at radius 2 is 1.80 bits per heavy atom. The molecule has 1 fully saturated rings. The highest BCUT2D eigenvalue weighted by atomic mass is 14.7. The Bertz CT molecular complexity index is 337. The molecule has 0 spiro atoms. The molecule has 2 N–H and O–H groups in total. The molecule has 0 unspecified atom stereocenters. The summed E-state index contributed by atoms with van der Waals surface area (Å²) in [5, 5.41) is 0. The topological polar surface area (TPSA) is 26.0 Å². The Labute approximate surface area is 92.7 Å². The van der Waals surface area contributed by atoms with Crippen molar-refractivity contribution >= 4 is 0 Å². The van der Waals surface area contributed by atoms with Crippen LogP contribution in [-0.2, 0) is 6.42 Å². The Hall–Kier alpha value is -0.820. The van der Waals surface area contributed by atoms with Gasteiger partial charge in [-0.15, -0.1) is 0 Å². The van der Waals surface area contributed by atoms with Crippen molar-refractivity contribution in [2.75, 3.05) is 6.54 Å². The minimum atomic E-state index is 0.405. The highest BCUT2D eigenvalue weighted by molar-refractivity contribution is 5.34. The predicted molar refractivity (Wildman–Crippen MR) is 64.9 cm³/mol. The summed E-state index contributed by atoms with van der Waals surface area (Å²) < 4.78 is 0. The van der Waals surface area contributed by atoms with Gasteiger partial charge >= 0.3 is 0 Å². The molecule has 82 valence electrons. The SMILES string of the molecule is CCc1ccc([C@H]2[C@H](CN)C2(C)C)cc1. The van der Waals surface area contributed by atoms with Crippen LogP contribution < -0.4 is 5.73 Å². The van der Waals surface area contributed by atoms with E-state index >= 15 is 0 Å². The zero-order valence-corrected chi connectivity index (χ0v) is 9.96. The molecule has 1 aliphatic rings. The quantitative estimate of drug-likeness (QED) is 0.803. The molecule has 0 heterocycles. The van der Waals surface area contributed by atoms with Crippen molar-refractivity contribution in [3.05, 3.63) is 35.4 Å². The number of hydrogen-bond donors (Lipinski definition) is 1. The third kappa shape index (κ3) is 1.69. The normalized spacial score (nSPS) is 27.7. The van der Waals surface area contributed by atoms with Gasteiger partial charge in [0.15, 0.2) is 0 Å². The van der Waals surface area contributed by atoms with Crippen molar-refractivity contribution in [3.8, 4) is 0 Å². The van der Waals surface area contributed by atoms with Gasteiger partial charge in [-0.25, -0.2) is 0 Å². The van der Waals surface area contributed by atoms with Gasteiger partial charge in [-0.1, -0.05) is 45.0 Å². The second-order valence-corrected chi connectivity index (χ2v) is 5.24. The molecule has 0 bridgehead atoms. The van der Waals surface area contributed by atoms with Crippen LogP contribution in [0, 0.1) is 11.3 Å². The standard InChI is InChI=1S/C14H21N/c1-4-10-5-7-11(8-6-10)13-12(9-15)14(13,2)3/h5-8,12-13H,4,9,15H2,1-3H3/t12-,13-/m0/s1. The summed E-state index contributed by atoms with van der Waals surface area (Å²) >= 11 is 0. The highest BCUT2D eigenvalue weighted by Gasteiger charge is 2.56. The Balaban J connectivity index is 2.18. The lowest BCUT2D eigenvalue weighted by Gasteiger charge is -2.04. The van der Waals surface area contributed by atoms with Crippen molar-refractivity contribution in [2.24, 2.45) is 17.1 Å². The summed E-state index contributed by atoms with van der Waals surface area (Å²) in [7, 11) is 0. The lowest BCUT2D eigenvalue weighted by Crippen LogP contribution is -2.05.